The SMILES string of the molecule is CCCNC1CCCC1C1CCCC1. The summed E-state index contributed by atoms with van der Waals surface area (Å²) >= 11 is 0. The van der Waals surface area contributed by atoms with Crippen molar-refractivity contribution in [1.29, 1.82) is 0 Å². The largest absolute Gasteiger partial charge is 0.314 e. The second kappa shape index (κ2) is 5.16. The van der Waals surface area contributed by atoms with Gasteiger partial charge in [0.2, 0.25) is 0 Å². The van der Waals surface area contributed by atoms with E-state index in [1.807, 2.05) is 0 Å². The molecule has 1 nitrogen and oxygen atoms in total. The van der Waals surface area contributed by atoms with Crippen molar-refractivity contribution in [1.82, 2.24) is 5.32 Å². The Kier molecular flexibility index (Phi) is 3.86. The molecule has 2 rings (SSSR count). The molecule has 0 amide bonds. The van der Waals surface area contributed by atoms with Crippen LogP contribution < -0.4 is 5.32 Å². The zero-order chi connectivity index (χ0) is 9.80. The maximum absolute atomic E-state index is 3.76. The molecule has 0 saturated heterocycles. The summed E-state index contributed by atoms with van der Waals surface area (Å²) in [7, 11) is 0. The molecule has 2 unspecified atom stereocenters. The molecular formula is C13H25N. The predicted molar refractivity (Wildman–Crippen MR) is 61.4 cm³/mol. The summed E-state index contributed by atoms with van der Waals surface area (Å²) in [6.45, 7) is 3.50. The Morgan fingerprint density at radius 3 is 2.50 bits per heavy atom. The minimum atomic E-state index is 0.873. The first-order valence-corrected chi connectivity index (χ1v) is 6.65. The average Bonchev–Trinajstić information content (AvgIpc) is 2.84. The van der Waals surface area contributed by atoms with Crippen LogP contribution >= 0.6 is 0 Å². The molecule has 14 heavy (non-hydrogen) atoms. The molecule has 2 aliphatic carbocycles. The lowest BCUT2D eigenvalue weighted by molar-refractivity contribution is 0.283. The minimum absolute atomic E-state index is 0.873. The molecule has 0 aromatic carbocycles. The summed E-state index contributed by atoms with van der Waals surface area (Å²) in [5.74, 6) is 2.11. The van der Waals surface area contributed by atoms with Crippen molar-refractivity contribution in [3.8, 4) is 0 Å². The van der Waals surface area contributed by atoms with Gasteiger partial charge in [0.05, 0.1) is 0 Å². The van der Waals surface area contributed by atoms with Crippen LogP contribution in [-0.2, 0) is 0 Å². The van der Waals surface area contributed by atoms with E-state index in [-0.39, 0.29) is 0 Å². The third-order valence-corrected chi connectivity index (χ3v) is 4.23. The molecule has 0 radical (unpaired) electrons. The summed E-state index contributed by atoms with van der Waals surface area (Å²) in [6, 6.07) is 0.873. The van der Waals surface area contributed by atoms with Gasteiger partial charge in [0.25, 0.3) is 0 Å². The van der Waals surface area contributed by atoms with Gasteiger partial charge in [-0.15, -0.1) is 0 Å². The highest BCUT2D eigenvalue weighted by Crippen LogP contribution is 2.40. The number of hydrogen-bond acceptors (Lipinski definition) is 1. The van der Waals surface area contributed by atoms with E-state index in [1.165, 1.54) is 57.9 Å². The van der Waals surface area contributed by atoms with E-state index in [9.17, 15) is 0 Å². The third kappa shape index (κ3) is 2.31. The molecule has 0 aromatic heterocycles. The molecule has 2 saturated carbocycles. The molecule has 82 valence electrons. The van der Waals surface area contributed by atoms with Crippen molar-refractivity contribution in [3.05, 3.63) is 0 Å². The van der Waals surface area contributed by atoms with E-state index in [0.717, 1.165) is 17.9 Å². The molecule has 1 heteroatoms. The molecule has 0 bridgehead atoms. The van der Waals surface area contributed by atoms with E-state index in [0.29, 0.717) is 0 Å². The van der Waals surface area contributed by atoms with Gasteiger partial charge >= 0.3 is 0 Å². The van der Waals surface area contributed by atoms with Crippen LogP contribution in [0.3, 0.4) is 0 Å². The molecular weight excluding hydrogens is 170 g/mol. The fraction of sp³-hybridized carbons (Fsp3) is 1.00. The van der Waals surface area contributed by atoms with Crippen molar-refractivity contribution in [3.63, 3.8) is 0 Å². The fourth-order valence-corrected chi connectivity index (χ4v) is 3.52. The molecule has 0 spiro atoms. The van der Waals surface area contributed by atoms with Crippen LogP contribution in [0, 0.1) is 11.8 Å². The van der Waals surface area contributed by atoms with E-state index in [1.54, 1.807) is 0 Å². The molecule has 2 aliphatic rings. The van der Waals surface area contributed by atoms with E-state index >= 15 is 0 Å². The van der Waals surface area contributed by atoms with Crippen molar-refractivity contribution < 1.29 is 0 Å². The quantitative estimate of drug-likeness (QED) is 0.725. The van der Waals surface area contributed by atoms with Gasteiger partial charge < -0.3 is 5.32 Å². The van der Waals surface area contributed by atoms with E-state index in [4.69, 9.17) is 0 Å². The predicted octanol–water partition coefficient (Wildman–Crippen LogP) is 3.34. The summed E-state index contributed by atoms with van der Waals surface area (Å²) in [4.78, 5) is 0. The Hall–Kier alpha value is -0.0400. The molecule has 2 atom stereocenters. The van der Waals surface area contributed by atoms with Gasteiger partial charge in [-0.1, -0.05) is 39.0 Å². The fourth-order valence-electron chi connectivity index (χ4n) is 3.52. The van der Waals surface area contributed by atoms with Crippen LogP contribution in [0.2, 0.25) is 0 Å². The van der Waals surface area contributed by atoms with Gasteiger partial charge in [-0.2, -0.15) is 0 Å². The molecule has 0 aliphatic heterocycles. The lowest BCUT2D eigenvalue weighted by atomic mass is 9.86. The van der Waals surface area contributed by atoms with Crippen molar-refractivity contribution in [2.75, 3.05) is 6.54 Å². The topological polar surface area (TPSA) is 12.0 Å². The summed E-state index contributed by atoms with van der Waals surface area (Å²) in [6.07, 6.45) is 11.8. The number of nitrogens with one attached hydrogen (secondary N) is 1. The Bertz CT molecular complexity index is 161. The average molecular weight is 195 g/mol. The maximum Gasteiger partial charge on any atom is 0.00979 e. The first-order chi connectivity index (χ1) is 6.92. The minimum Gasteiger partial charge on any atom is -0.314 e. The number of hydrogen-bond donors (Lipinski definition) is 1. The summed E-state index contributed by atoms with van der Waals surface area (Å²) in [5.41, 5.74) is 0. The van der Waals surface area contributed by atoms with Gasteiger partial charge in [0.15, 0.2) is 0 Å². The van der Waals surface area contributed by atoms with Crippen LogP contribution in [0.25, 0.3) is 0 Å². The molecule has 0 aromatic rings. The van der Waals surface area contributed by atoms with Gasteiger partial charge in [0.1, 0.15) is 0 Å². The highest BCUT2D eigenvalue weighted by Gasteiger charge is 2.34. The monoisotopic (exact) mass is 195 g/mol. The first-order valence-electron chi connectivity index (χ1n) is 6.65. The van der Waals surface area contributed by atoms with Crippen LogP contribution in [0.4, 0.5) is 0 Å². The normalized spacial score (nSPS) is 34.1. The molecule has 1 N–H and O–H groups in total. The van der Waals surface area contributed by atoms with Crippen molar-refractivity contribution >= 4 is 0 Å². The lowest BCUT2D eigenvalue weighted by Crippen LogP contribution is -2.35. The molecule has 0 heterocycles. The second-order valence-corrected chi connectivity index (χ2v) is 5.20. The van der Waals surface area contributed by atoms with E-state index in [2.05, 4.69) is 12.2 Å². The summed E-state index contributed by atoms with van der Waals surface area (Å²) < 4.78 is 0. The highest BCUT2D eigenvalue weighted by molar-refractivity contribution is 4.89. The molecule has 2 fully saturated rings. The second-order valence-electron chi connectivity index (χ2n) is 5.20. The Morgan fingerprint density at radius 1 is 1.00 bits per heavy atom. The summed E-state index contributed by atoms with van der Waals surface area (Å²) in [5, 5.41) is 3.76. The smallest absolute Gasteiger partial charge is 0.00979 e. The van der Waals surface area contributed by atoms with Gasteiger partial charge in [0, 0.05) is 6.04 Å². The van der Waals surface area contributed by atoms with Crippen molar-refractivity contribution in [2.24, 2.45) is 11.8 Å². The lowest BCUT2D eigenvalue weighted by Gasteiger charge is -2.26. The van der Waals surface area contributed by atoms with Gasteiger partial charge in [-0.25, -0.2) is 0 Å². The van der Waals surface area contributed by atoms with Crippen LogP contribution in [0.1, 0.15) is 58.3 Å². The number of rotatable bonds is 4. The van der Waals surface area contributed by atoms with Crippen molar-refractivity contribution in [2.45, 2.75) is 64.3 Å². The zero-order valence-corrected chi connectivity index (χ0v) is 9.60. The third-order valence-electron chi connectivity index (χ3n) is 4.23. The van der Waals surface area contributed by atoms with Crippen LogP contribution in [0.15, 0.2) is 0 Å². The van der Waals surface area contributed by atoms with Gasteiger partial charge in [-0.3, -0.25) is 0 Å². The zero-order valence-electron chi connectivity index (χ0n) is 9.60. The van der Waals surface area contributed by atoms with Gasteiger partial charge in [-0.05, 0) is 37.6 Å². The Labute approximate surface area is 88.7 Å². The highest BCUT2D eigenvalue weighted by atomic mass is 14.9. The maximum atomic E-state index is 3.76. The standard InChI is InChI=1S/C13H25N/c1-2-10-14-13-9-5-8-12(13)11-6-3-4-7-11/h11-14H,2-10H2,1H3. The Morgan fingerprint density at radius 2 is 1.79 bits per heavy atom. The first kappa shape index (κ1) is 10.5. The van der Waals surface area contributed by atoms with E-state index < -0.39 is 0 Å². The Balaban J connectivity index is 1.82. The van der Waals surface area contributed by atoms with Crippen LogP contribution in [-0.4, -0.2) is 12.6 Å². The van der Waals surface area contributed by atoms with Crippen LogP contribution in [0.5, 0.6) is 0 Å².